The van der Waals surface area contributed by atoms with Crippen molar-refractivity contribution in [2.24, 2.45) is 5.41 Å². The molecule has 0 bridgehead atoms. The molecule has 2 nitrogen and oxygen atoms in total. The summed E-state index contributed by atoms with van der Waals surface area (Å²) in [4.78, 5) is 0. The number of aliphatic hydroxyl groups excluding tert-OH is 1. The molecule has 0 amide bonds. The van der Waals surface area contributed by atoms with Crippen LogP contribution >= 0.6 is 0 Å². The van der Waals surface area contributed by atoms with Crippen LogP contribution in [0.5, 0.6) is 0 Å². The molecule has 1 unspecified atom stereocenters. The van der Waals surface area contributed by atoms with Crippen molar-refractivity contribution in [3.05, 3.63) is 0 Å². The van der Waals surface area contributed by atoms with E-state index in [2.05, 4.69) is 0 Å². The molecule has 0 fully saturated rings. The molecule has 0 radical (unpaired) electrons. The van der Waals surface area contributed by atoms with Crippen molar-refractivity contribution in [1.82, 2.24) is 0 Å². The van der Waals surface area contributed by atoms with Crippen molar-refractivity contribution in [1.29, 1.82) is 0 Å². The molecular formula is C7H16O2. The van der Waals surface area contributed by atoms with Crippen LogP contribution in [0.1, 0.15) is 27.7 Å². The zero-order valence-corrected chi connectivity index (χ0v) is 6.60. The van der Waals surface area contributed by atoms with E-state index in [-0.39, 0.29) is 12.0 Å². The Morgan fingerprint density at radius 1 is 1.11 bits per heavy atom. The Balaban J connectivity index is 4.14. The third-order valence-corrected chi connectivity index (χ3v) is 1.92. The Labute approximate surface area is 56.5 Å². The first-order valence-corrected chi connectivity index (χ1v) is 3.14. The van der Waals surface area contributed by atoms with Gasteiger partial charge in [-0.25, -0.2) is 0 Å². The maximum absolute atomic E-state index is 9.41. The van der Waals surface area contributed by atoms with Gasteiger partial charge in [0, 0.05) is 0 Å². The van der Waals surface area contributed by atoms with Crippen LogP contribution in [0.3, 0.4) is 0 Å². The fourth-order valence-electron chi connectivity index (χ4n) is 0.237. The van der Waals surface area contributed by atoms with Crippen LogP contribution in [-0.2, 0) is 0 Å². The first-order chi connectivity index (χ1) is 3.81. The third-order valence-electron chi connectivity index (χ3n) is 1.92. The van der Waals surface area contributed by atoms with Crippen molar-refractivity contribution >= 4 is 0 Å². The lowest BCUT2D eigenvalue weighted by atomic mass is 9.78. The molecule has 1 atom stereocenters. The minimum Gasteiger partial charge on any atom is -0.393 e. The monoisotopic (exact) mass is 132 g/mol. The predicted molar refractivity (Wildman–Crippen MR) is 37.2 cm³/mol. The number of rotatable bonds is 1. The normalized spacial score (nSPS) is 19.3. The van der Waals surface area contributed by atoms with E-state index in [9.17, 15) is 5.11 Å². The van der Waals surface area contributed by atoms with E-state index in [1.54, 1.807) is 6.92 Å². The summed E-state index contributed by atoms with van der Waals surface area (Å²) in [5, 5.41) is 18.1. The lowest BCUT2D eigenvalue weighted by molar-refractivity contribution is -0.0794. The van der Waals surface area contributed by atoms with Gasteiger partial charge in [-0.05, 0) is 12.3 Å². The van der Waals surface area contributed by atoms with Crippen LogP contribution in [0.2, 0.25) is 0 Å². The van der Waals surface area contributed by atoms with Gasteiger partial charge in [0.05, 0.1) is 12.2 Å². The van der Waals surface area contributed by atoms with Crippen molar-refractivity contribution in [2.75, 3.05) is 6.61 Å². The molecule has 0 saturated carbocycles. The molecule has 0 rings (SSSR count). The minimum atomic E-state index is -0.965. The largest absolute Gasteiger partial charge is 0.393 e. The zero-order chi connectivity index (χ0) is 7.71. The van der Waals surface area contributed by atoms with Crippen molar-refractivity contribution < 1.29 is 10.2 Å². The van der Waals surface area contributed by atoms with E-state index >= 15 is 0 Å². The second-order valence-corrected chi connectivity index (χ2v) is 3.68. The van der Waals surface area contributed by atoms with E-state index in [0.29, 0.717) is 0 Å². The van der Waals surface area contributed by atoms with Gasteiger partial charge in [-0.15, -0.1) is 0 Å². The van der Waals surface area contributed by atoms with E-state index in [1.807, 2.05) is 20.8 Å². The highest BCUT2D eigenvalue weighted by Gasteiger charge is 2.34. The van der Waals surface area contributed by atoms with E-state index < -0.39 is 5.60 Å². The zero-order valence-electron chi connectivity index (χ0n) is 6.60. The molecule has 0 spiro atoms. The van der Waals surface area contributed by atoms with Gasteiger partial charge in [0.15, 0.2) is 0 Å². The van der Waals surface area contributed by atoms with Gasteiger partial charge in [0.1, 0.15) is 0 Å². The van der Waals surface area contributed by atoms with Gasteiger partial charge < -0.3 is 10.2 Å². The van der Waals surface area contributed by atoms with Crippen molar-refractivity contribution in [3.8, 4) is 0 Å². The van der Waals surface area contributed by atoms with E-state index in [1.165, 1.54) is 0 Å². The Morgan fingerprint density at radius 2 is 1.44 bits per heavy atom. The summed E-state index contributed by atoms with van der Waals surface area (Å²) in [6.45, 7) is 7.12. The van der Waals surface area contributed by atoms with Crippen LogP contribution in [0.25, 0.3) is 0 Å². The van der Waals surface area contributed by atoms with Gasteiger partial charge >= 0.3 is 0 Å². The molecule has 0 aliphatic rings. The SMILES string of the molecule is CC(C)(C)C(C)(O)CO. The highest BCUT2D eigenvalue weighted by Crippen LogP contribution is 2.28. The number of hydrogen-bond donors (Lipinski definition) is 2. The average molecular weight is 132 g/mol. The summed E-state index contributed by atoms with van der Waals surface area (Å²) in [6.07, 6.45) is 0. The molecule has 9 heavy (non-hydrogen) atoms. The quantitative estimate of drug-likeness (QED) is 0.553. The Morgan fingerprint density at radius 3 is 1.44 bits per heavy atom. The maximum Gasteiger partial charge on any atom is 0.0897 e. The smallest absolute Gasteiger partial charge is 0.0897 e. The first-order valence-electron chi connectivity index (χ1n) is 3.14. The molecular weight excluding hydrogens is 116 g/mol. The standard InChI is InChI=1S/C7H16O2/c1-6(2,3)7(4,9)5-8/h8-9H,5H2,1-4H3. The molecule has 56 valence electrons. The van der Waals surface area contributed by atoms with Gasteiger partial charge in [-0.2, -0.15) is 0 Å². The summed E-state index contributed by atoms with van der Waals surface area (Å²) in [5.74, 6) is 0. The maximum atomic E-state index is 9.41. The first kappa shape index (κ1) is 8.92. The van der Waals surface area contributed by atoms with Crippen LogP contribution in [0, 0.1) is 5.41 Å². The molecule has 0 aromatic carbocycles. The molecule has 0 saturated heterocycles. The highest BCUT2D eigenvalue weighted by atomic mass is 16.3. The Hall–Kier alpha value is -0.0800. The van der Waals surface area contributed by atoms with Crippen molar-refractivity contribution in [3.63, 3.8) is 0 Å². The average Bonchev–Trinajstić information content (AvgIpc) is 1.64. The summed E-state index contributed by atoms with van der Waals surface area (Å²) in [6, 6.07) is 0. The molecule has 0 aromatic rings. The number of hydrogen-bond acceptors (Lipinski definition) is 2. The van der Waals surface area contributed by atoms with Gasteiger partial charge in [0.2, 0.25) is 0 Å². The predicted octanol–water partition coefficient (Wildman–Crippen LogP) is 0.776. The molecule has 2 heteroatoms. The van der Waals surface area contributed by atoms with Gasteiger partial charge in [-0.1, -0.05) is 20.8 Å². The van der Waals surface area contributed by atoms with Crippen molar-refractivity contribution in [2.45, 2.75) is 33.3 Å². The van der Waals surface area contributed by atoms with Crippen LogP contribution < -0.4 is 0 Å². The van der Waals surface area contributed by atoms with E-state index in [0.717, 1.165) is 0 Å². The van der Waals surface area contributed by atoms with Crippen LogP contribution in [0.4, 0.5) is 0 Å². The van der Waals surface area contributed by atoms with Gasteiger partial charge in [0.25, 0.3) is 0 Å². The second kappa shape index (κ2) is 2.27. The number of aliphatic hydroxyl groups is 2. The summed E-state index contributed by atoms with van der Waals surface area (Å²) < 4.78 is 0. The highest BCUT2D eigenvalue weighted by molar-refractivity contribution is 4.84. The fourth-order valence-corrected chi connectivity index (χ4v) is 0.237. The van der Waals surface area contributed by atoms with Crippen LogP contribution in [-0.4, -0.2) is 22.4 Å². The summed E-state index contributed by atoms with van der Waals surface area (Å²) in [7, 11) is 0. The lowest BCUT2D eigenvalue weighted by Crippen LogP contribution is -2.42. The lowest BCUT2D eigenvalue weighted by Gasteiger charge is -2.35. The van der Waals surface area contributed by atoms with E-state index in [4.69, 9.17) is 5.11 Å². The summed E-state index contributed by atoms with van der Waals surface area (Å²) >= 11 is 0. The van der Waals surface area contributed by atoms with Gasteiger partial charge in [-0.3, -0.25) is 0 Å². The molecule has 0 aromatic heterocycles. The Bertz CT molecular complexity index is 89.6. The topological polar surface area (TPSA) is 40.5 Å². The molecule has 0 heterocycles. The Kier molecular flexibility index (Phi) is 2.25. The third kappa shape index (κ3) is 1.95. The molecule has 0 aliphatic carbocycles. The second-order valence-electron chi connectivity index (χ2n) is 3.68. The molecule has 2 N–H and O–H groups in total. The minimum absolute atomic E-state index is 0.184. The summed E-state index contributed by atoms with van der Waals surface area (Å²) in [5.41, 5.74) is -1.21. The van der Waals surface area contributed by atoms with Crippen LogP contribution in [0.15, 0.2) is 0 Å². The fraction of sp³-hybridized carbons (Fsp3) is 1.00. The molecule has 0 aliphatic heterocycles.